The van der Waals surface area contributed by atoms with E-state index in [0.717, 1.165) is 4.57 Å². The number of pyridine rings is 1. The van der Waals surface area contributed by atoms with Crippen LogP contribution in [0.3, 0.4) is 0 Å². The van der Waals surface area contributed by atoms with Crippen LogP contribution in [0.25, 0.3) is 11.0 Å². The first-order chi connectivity index (χ1) is 14.5. The average molecular weight is 410 g/mol. The number of ether oxygens (including phenoxy) is 2. The quantitative estimate of drug-likeness (QED) is 0.606. The molecule has 0 radical (unpaired) electrons. The Morgan fingerprint density at radius 3 is 2.63 bits per heavy atom. The number of likely N-dealkylation sites (N-methyl/N-ethyl adjacent to an activating group) is 1. The molecule has 3 heterocycles. The van der Waals surface area contributed by atoms with Crippen LogP contribution in [0.5, 0.6) is 11.5 Å². The van der Waals surface area contributed by atoms with Crippen LogP contribution in [0.15, 0.2) is 46.1 Å². The number of benzene rings is 1. The van der Waals surface area contributed by atoms with E-state index in [-0.39, 0.29) is 31.3 Å². The number of amides is 1. The zero-order chi connectivity index (χ0) is 21.3. The maximum Gasteiger partial charge on any atom is 0.332 e. The highest BCUT2D eigenvalue weighted by Crippen LogP contribution is 2.32. The van der Waals surface area contributed by atoms with Gasteiger partial charge in [0.1, 0.15) is 6.54 Å². The van der Waals surface area contributed by atoms with Crippen LogP contribution in [-0.4, -0.2) is 44.8 Å². The van der Waals surface area contributed by atoms with Crippen molar-refractivity contribution >= 4 is 16.9 Å². The summed E-state index contributed by atoms with van der Waals surface area (Å²) in [5.74, 6) is 0.991. The number of hydrogen-bond donors (Lipinski definition) is 0. The molecular formula is C21H22N4O5. The van der Waals surface area contributed by atoms with Gasteiger partial charge in [0.05, 0.1) is 12.1 Å². The number of carbonyl (C=O) groups excluding carboxylic acids is 1. The highest BCUT2D eigenvalue weighted by molar-refractivity contribution is 5.79. The van der Waals surface area contributed by atoms with E-state index in [1.54, 1.807) is 35.2 Å². The topological polar surface area (TPSA) is 95.7 Å². The molecule has 1 amide bonds. The van der Waals surface area contributed by atoms with Gasteiger partial charge in [-0.05, 0) is 43.7 Å². The minimum atomic E-state index is -0.557. The predicted octanol–water partition coefficient (Wildman–Crippen LogP) is 1.20. The van der Waals surface area contributed by atoms with Crippen molar-refractivity contribution in [3.63, 3.8) is 0 Å². The number of carbonyl (C=O) groups is 1. The second-order valence-corrected chi connectivity index (χ2v) is 6.88. The van der Waals surface area contributed by atoms with Crippen LogP contribution in [0.2, 0.25) is 0 Å². The lowest BCUT2D eigenvalue weighted by atomic mass is 10.2. The molecule has 3 aromatic rings. The molecular weight excluding hydrogens is 388 g/mol. The van der Waals surface area contributed by atoms with E-state index >= 15 is 0 Å². The predicted molar refractivity (Wildman–Crippen MR) is 110 cm³/mol. The van der Waals surface area contributed by atoms with Gasteiger partial charge in [-0.15, -0.1) is 0 Å². The minimum Gasteiger partial charge on any atom is -0.454 e. The first kappa shape index (κ1) is 19.7. The standard InChI is InChI=1S/C21H22N4O5/c1-3-23(4-2)18(26)12-24-15-6-5-9-22-19(15)20(27)25(21(24)28)11-14-7-8-16-17(10-14)30-13-29-16/h5-10H,3-4,11-13H2,1-2H3. The Hall–Kier alpha value is -3.62. The van der Waals surface area contributed by atoms with Gasteiger partial charge in [0.2, 0.25) is 12.7 Å². The van der Waals surface area contributed by atoms with Crippen molar-refractivity contribution in [2.24, 2.45) is 0 Å². The van der Waals surface area contributed by atoms with Crippen molar-refractivity contribution in [1.82, 2.24) is 19.0 Å². The van der Waals surface area contributed by atoms with Crippen molar-refractivity contribution in [2.75, 3.05) is 19.9 Å². The molecule has 9 heteroatoms. The van der Waals surface area contributed by atoms with E-state index in [2.05, 4.69) is 4.98 Å². The van der Waals surface area contributed by atoms with Crippen molar-refractivity contribution in [1.29, 1.82) is 0 Å². The Labute approximate surface area is 172 Å². The summed E-state index contributed by atoms with van der Waals surface area (Å²) in [4.78, 5) is 44.7. The summed E-state index contributed by atoms with van der Waals surface area (Å²) in [5.41, 5.74) is 0.133. The SMILES string of the molecule is CCN(CC)C(=O)Cn1c(=O)n(Cc2ccc3c(c2)OCO3)c(=O)c2ncccc21. The summed E-state index contributed by atoms with van der Waals surface area (Å²) >= 11 is 0. The third-order valence-electron chi connectivity index (χ3n) is 5.17. The lowest BCUT2D eigenvalue weighted by Crippen LogP contribution is -2.43. The van der Waals surface area contributed by atoms with E-state index in [9.17, 15) is 14.4 Å². The highest BCUT2D eigenvalue weighted by atomic mass is 16.7. The Balaban J connectivity index is 1.81. The molecule has 1 aliphatic heterocycles. The summed E-state index contributed by atoms with van der Waals surface area (Å²) < 4.78 is 13.1. The van der Waals surface area contributed by atoms with Crippen LogP contribution in [0.4, 0.5) is 0 Å². The molecule has 0 fully saturated rings. The summed E-state index contributed by atoms with van der Waals surface area (Å²) in [6.07, 6.45) is 1.50. The summed E-state index contributed by atoms with van der Waals surface area (Å²) in [6.45, 7) is 4.84. The van der Waals surface area contributed by atoms with Gasteiger partial charge in [0, 0.05) is 19.3 Å². The normalized spacial score (nSPS) is 12.3. The second-order valence-electron chi connectivity index (χ2n) is 6.88. The minimum absolute atomic E-state index is 0.0281. The van der Waals surface area contributed by atoms with Gasteiger partial charge in [-0.3, -0.25) is 18.7 Å². The van der Waals surface area contributed by atoms with Gasteiger partial charge in [-0.2, -0.15) is 0 Å². The van der Waals surface area contributed by atoms with Gasteiger partial charge in [0.15, 0.2) is 17.0 Å². The van der Waals surface area contributed by atoms with E-state index in [1.807, 2.05) is 13.8 Å². The Kier molecular flexibility index (Phi) is 5.26. The number of aromatic nitrogens is 3. The molecule has 9 nitrogen and oxygen atoms in total. The van der Waals surface area contributed by atoms with Crippen molar-refractivity contribution in [3.05, 3.63) is 62.9 Å². The van der Waals surface area contributed by atoms with E-state index in [1.165, 1.54) is 10.8 Å². The molecule has 2 aromatic heterocycles. The number of fused-ring (bicyclic) bond motifs is 2. The van der Waals surface area contributed by atoms with Crippen molar-refractivity contribution in [2.45, 2.75) is 26.9 Å². The molecule has 0 spiro atoms. The molecule has 0 bridgehead atoms. The van der Waals surface area contributed by atoms with Gasteiger partial charge < -0.3 is 14.4 Å². The maximum absolute atomic E-state index is 13.2. The molecule has 156 valence electrons. The first-order valence-corrected chi connectivity index (χ1v) is 9.78. The van der Waals surface area contributed by atoms with Gasteiger partial charge in [-0.25, -0.2) is 9.78 Å². The van der Waals surface area contributed by atoms with Gasteiger partial charge >= 0.3 is 5.69 Å². The molecule has 1 aromatic carbocycles. The van der Waals surface area contributed by atoms with Crippen molar-refractivity contribution < 1.29 is 14.3 Å². The maximum atomic E-state index is 13.2. The van der Waals surface area contributed by atoms with Crippen LogP contribution >= 0.6 is 0 Å². The smallest absolute Gasteiger partial charge is 0.332 e. The highest BCUT2D eigenvalue weighted by Gasteiger charge is 2.19. The molecule has 0 saturated heterocycles. The van der Waals surface area contributed by atoms with E-state index in [0.29, 0.717) is 35.7 Å². The Morgan fingerprint density at radius 1 is 1.10 bits per heavy atom. The molecule has 0 unspecified atom stereocenters. The third kappa shape index (κ3) is 3.42. The second kappa shape index (κ2) is 8.02. The molecule has 0 N–H and O–H groups in total. The van der Waals surface area contributed by atoms with Crippen LogP contribution in [-0.2, 0) is 17.9 Å². The zero-order valence-electron chi connectivity index (χ0n) is 16.8. The average Bonchev–Trinajstić information content (AvgIpc) is 3.23. The summed E-state index contributed by atoms with van der Waals surface area (Å²) in [6, 6.07) is 8.52. The van der Waals surface area contributed by atoms with Crippen LogP contribution in [0.1, 0.15) is 19.4 Å². The molecule has 1 aliphatic rings. The van der Waals surface area contributed by atoms with Crippen LogP contribution in [0, 0.1) is 0 Å². The van der Waals surface area contributed by atoms with Gasteiger partial charge in [-0.1, -0.05) is 6.07 Å². The number of rotatable bonds is 6. The van der Waals surface area contributed by atoms with E-state index < -0.39 is 11.2 Å². The Bertz CT molecular complexity index is 1230. The molecule has 30 heavy (non-hydrogen) atoms. The molecule has 0 saturated carbocycles. The first-order valence-electron chi connectivity index (χ1n) is 9.78. The fourth-order valence-electron chi connectivity index (χ4n) is 3.57. The molecule has 0 aliphatic carbocycles. The number of nitrogens with zero attached hydrogens (tertiary/aromatic N) is 4. The summed E-state index contributed by atoms with van der Waals surface area (Å²) in [5, 5.41) is 0. The Morgan fingerprint density at radius 2 is 1.87 bits per heavy atom. The van der Waals surface area contributed by atoms with Crippen LogP contribution < -0.4 is 20.7 Å². The summed E-state index contributed by atoms with van der Waals surface area (Å²) in [7, 11) is 0. The molecule has 4 rings (SSSR count). The molecule has 0 atom stereocenters. The van der Waals surface area contributed by atoms with Crippen molar-refractivity contribution in [3.8, 4) is 11.5 Å². The zero-order valence-corrected chi connectivity index (χ0v) is 16.8. The number of hydrogen-bond acceptors (Lipinski definition) is 6. The lowest BCUT2D eigenvalue weighted by molar-refractivity contribution is -0.131. The van der Waals surface area contributed by atoms with Gasteiger partial charge in [0.25, 0.3) is 5.56 Å². The lowest BCUT2D eigenvalue weighted by Gasteiger charge is -2.20. The fraction of sp³-hybridized carbons (Fsp3) is 0.333. The third-order valence-corrected chi connectivity index (χ3v) is 5.17. The largest absolute Gasteiger partial charge is 0.454 e. The monoisotopic (exact) mass is 410 g/mol. The fourth-order valence-corrected chi connectivity index (χ4v) is 3.57. The van der Waals surface area contributed by atoms with E-state index in [4.69, 9.17) is 9.47 Å².